The number of aryl methyl sites for hydroxylation is 1. The zero-order valence-electron chi connectivity index (χ0n) is 17.5. The van der Waals surface area contributed by atoms with Crippen LogP contribution in [0.2, 0.25) is 0 Å². The molecular weight excluding hydrogens is 403 g/mol. The number of carbonyl (C=O) groups excluding carboxylic acids is 2. The topological polar surface area (TPSA) is 110 Å². The molecule has 0 atom stereocenters. The first-order chi connectivity index (χ1) is 14.6. The number of nitrogens with zero attached hydrogens (tertiary/aromatic N) is 5. The van der Waals surface area contributed by atoms with Crippen LogP contribution < -0.4 is 10.2 Å². The quantitative estimate of drug-likeness (QED) is 0.673. The summed E-state index contributed by atoms with van der Waals surface area (Å²) in [5.74, 6) is -1.15. The van der Waals surface area contributed by atoms with Crippen LogP contribution in [0.15, 0.2) is 49.1 Å². The van der Waals surface area contributed by atoms with Crippen LogP contribution in [-0.2, 0) is 4.74 Å². The lowest BCUT2D eigenvalue weighted by Gasteiger charge is -2.27. The van der Waals surface area contributed by atoms with E-state index >= 15 is 0 Å². The molecule has 0 saturated heterocycles. The first kappa shape index (κ1) is 21.8. The van der Waals surface area contributed by atoms with Crippen LogP contribution in [-0.4, -0.2) is 37.5 Å². The van der Waals surface area contributed by atoms with Gasteiger partial charge in [0.05, 0.1) is 30.0 Å². The van der Waals surface area contributed by atoms with E-state index in [0.717, 1.165) is 17.2 Å². The Morgan fingerprint density at radius 3 is 2.48 bits per heavy atom. The lowest BCUT2D eigenvalue weighted by atomic mass is 10.2. The normalized spacial score (nSPS) is 11.0. The van der Waals surface area contributed by atoms with Gasteiger partial charge in [-0.25, -0.2) is 29.0 Å². The van der Waals surface area contributed by atoms with E-state index < -0.39 is 23.4 Å². The van der Waals surface area contributed by atoms with Gasteiger partial charge in [-0.1, -0.05) is 0 Å². The maximum Gasteiger partial charge on any atom is 0.420 e. The Hall–Kier alpha value is -3.95. The van der Waals surface area contributed by atoms with Crippen molar-refractivity contribution in [2.75, 3.05) is 10.2 Å². The molecule has 3 aromatic heterocycles. The number of nitrogens with one attached hydrogen (secondary N) is 1. The van der Waals surface area contributed by atoms with Gasteiger partial charge in [0.15, 0.2) is 11.5 Å². The number of anilines is 3. The van der Waals surface area contributed by atoms with Crippen LogP contribution in [0.1, 0.15) is 37.0 Å². The van der Waals surface area contributed by atoms with Crippen molar-refractivity contribution in [2.45, 2.75) is 33.3 Å². The van der Waals surface area contributed by atoms with Crippen LogP contribution in [0.4, 0.5) is 26.5 Å². The van der Waals surface area contributed by atoms with E-state index in [0.29, 0.717) is 11.4 Å². The van der Waals surface area contributed by atoms with E-state index in [1.807, 2.05) is 0 Å². The third-order valence-electron chi connectivity index (χ3n) is 3.75. The highest BCUT2D eigenvalue weighted by Crippen LogP contribution is 2.28. The summed E-state index contributed by atoms with van der Waals surface area (Å²) >= 11 is 0. The van der Waals surface area contributed by atoms with Gasteiger partial charge in [-0.2, -0.15) is 0 Å². The molecule has 0 radical (unpaired) electrons. The van der Waals surface area contributed by atoms with Crippen LogP contribution in [0.25, 0.3) is 0 Å². The SMILES string of the molecule is Cc1cnc(N(C(=O)OC(C)(C)C)c2cccnc2)c(C(=O)Nc2ccc(F)cn2)n1. The monoisotopic (exact) mass is 424 g/mol. The molecular formula is C21H21FN6O3. The Labute approximate surface area is 178 Å². The minimum absolute atomic E-state index is 0.0486. The average Bonchev–Trinajstić information content (AvgIpc) is 2.70. The number of hydrogen-bond donors (Lipinski definition) is 1. The molecule has 0 unspecified atom stereocenters. The van der Waals surface area contributed by atoms with Crippen LogP contribution in [0, 0.1) is 12.7 Å². The van der Waals surface area contributed by atoms with Crippen LogP contribution in [0.5, 0.6) is 0 Å². The van der Waals surface area contributed by atoms with Crippen molar-refractivity contribution in [2.24, 2.45) is 0 Å². The Bertz CT molecular complexity index is 1080. The van der Waals surface area contributed by atoms with Gasteiger partial charge in [0, 0.05) is 6.20 Å². The minimum Gasteiger partial charge on any atom is -0.443 e. The Balaban J connectivity index is 2.06. The summed E-state index contributed by atoms with van der Waals surface area (Å²) in [6.07, 6.45) is 4.63. The van der Waals surface area contributed by atoms with Crippen LogP contribution in [0.3, 0.4) is 0 Å². The van der Waals surface area contributed by atoms with E-state index in [9.17, 15) is 14.0 Å². The molecule has 3 aromatic rings. The third kappa shape index (κ3) is 5.56. The van der Waals surface area contributed by atoms with Crippen molar-refractivity contribution >= 4 is 29.3 Å². The zero-order valence-corrected chi connectivity index (χ0v) is 17.5. The molecule has 0 aromatic carbocycles. The molecule has 10 heteroatoms. The summed E-state index contributed by atoms with van der Waals surface area (Å²) in [6, 6.07) is 5.73. The second-order valence-corrected chi connectivity index (χ2v) is 7.53. The highest BCUT2D eigenvalue weighted by atomic mass is 19.1. The molecule has 0 bridgehead atoms. The molecule has 160 valence electrons. The highest BCUT2D eigenvalue weighted by Gasteiger charge is 2.30. The predicted octanol–water partition coefficient (Wildman–Crippen LogP) is 4.04. The van der Waals surface area contributed by atoms with Crippen LogP contribution >= 0.6 is 0 Å². The highest BCUT2D eigenvalue weighted by molar-refractivity contribution is 6.09. The second-order valence-electron chi connectivity index (χ2n) is 7.53. The maximum absolute atomic E-state index is 13.1. The van der Waals surface area contributed by atoms with E-state index in [1.54, 1.807) is 46.0 Å². The predicted molar refractivity (Wildman–Crippen MR) is 112 cm³/mol. The standard InChI is InChI=1S/C21H21FN6O3/c1-13-10-25-18(17(26-13)19(29)27-16-8-7-14(22)11-24-16)28(15-6-5-9-23-12-15)20(30)31-21(2,3)4/h5-12H,1-4H3,(H,24,27,29). The first-order valence-corrected chi connectivity index (χ1v) is 9.34. The van der Waals surface area contributed by atoms with E-state index in [1.165, 1.54) is 18.5 Å². The summed E-state index contributed by atoms with van der Waals surface area (Å²) in [5.41, 5.74) is -0.142. The minimum atomic E-state index is -0.796. The zero-order chi connectivity index (χ0) is 22.6. The van der Waals surface area contributed by atoms with Crippen molar-refractivity contribution in [1.29, 1.82) is 0 Å². The second kappa shape index (κ2) is 8.82. The number of halogens is 1. The van der Waals surface area contributed by atoms with E-state index in [2.05, 4.69) is 25.3 Å². The largest absolute Gasteiger partial charge is 0.443 e. The third-order valence-corrected chi connectivity index (χ3v) is 3.75. The van der Waals surface area contributed by atoms with E-state index in [4.69, 9.17) is 4.74 Å². The van der Waals surface area contributed by atoms with Gasteiger partial charge in [0.2, 0.25) is 0 Å². The molecule has 31 heavy (non-hydrogen) atoms. The molecule has 0 aliphatic carbocycles. The number of aromatic nitrogens is 4. The maximum atomic E-state index is 13.1. The molecule has 3 rings (SSSR count). The molecule has 9 nitrogen and oxygen atoms in total. The molecule has 0 aliphatic rings. The number of carbonyl (C=O) groups is 2. The first-order valence-electron chi connectivity index (χ1n) is 9.34. The van der Waals surface area contributed by atoms with Gasteiger partial charge in [-0.15, -0.1) is 0 Å². The number of rotatable bonds is 4. The van der Waals surface area contributed by atoms with Crippen molar-refractivity contribution in [3.63, 3.8) is 0 Å². The average molecular weight is 424 g/mol. The fraction of sp³-hybridized carbons (Fsp3) is 0.238. The fourth-order valence-electron chi connectivity index (χ4n) is 2.52. The van der Waals surface area contributed by atoms with E-state index in [-0.39, 0.29) is 17.3 Å². The number of pyridine rings is 2. The number of ether oxygens (including phenoxy) is 1. The Kier molecular flexibility index (Phi) is 6.19. The lowest BCUT2D eigenvalue weighted by molar-refractivity contribution is 0.0598. The number of hydrogen-bond acceptors (Lipinski definition) is 7. The van der Waals surface area contributed by atoms with Crippen molar-refractivity contribution in [3.8, 4) is 0 Å². The Morgan fingerprint density at radius 2 is 1.87 bits per heavy atom. The van der Waals surface area contributed by atoms with Crippen molar-refractivity contribution in [3.05, 3.63) is 66.3 Å². The lowest BCUT2D eigenvalue weighted by Crippen LogP contribution is -2.36. The van der Waals surface area contributed by atoms with Crippen molar-refractivity contribution in [1.82, 2.24) is 19.9 Å². The van der Waals surface area contributed by atoms with Crippen molar-refractivity contribution < 1.29 is 18.7 Å². The van der Waals surface area contributed by atoms with Gasteiger partial charge < -0.3 is 10.1 Å². The summed E-state index contributed by atoms with van der Waals surface area (Å²) in [5, 5.41) is 2.53. The molecule has 0 aliphatic heterocycles. The molecule has 0 saturated carbocycles. The smallest absolute Gasteiger partial charge is 0.420 e. The summed E-state index contributed by atoms with van der Waals surface area (Å²) in [6.45, 7) is 6.83. The summed E-state index contributed by atoms with van der Waals surface area (Å²) in [7, 11) is 0. The van der Waals surface area contributed by atoms with Gasteiger partial charge in [0.25, 0.3) is 5.91 Å². The molecule has 2 amide bonds. The molecule has 0 fully saturated rings. The van der Waals surface area contributed by atoms with Gasteiger partial charge in [-0.3, -0.25) is 9.78 Å². The molecule has 3 heterocycles. The molecule has 0 spiro atoms. The fourth-order valence-corrected chi connectivity index (χ4v) is 2.52. The number of amides is 2. The summed E-state index contributed by atoms with van der Waals surface area (Å²) in [4.78, 5) is 43.5. The van der Waals surface area contributed by atoms with Gasteiger partial charge in [0.1, 0.15) is 17.2 Å². The summed E-state index contributed by atoms with van der Waals surface area (Å²) < 4.78 is 18.6. The van der Waals surface area contributed by atoms with Gasteiger partial charge in [-0.05, 0) is 52.0 Å². The molecule has 1 N–H and O–H groups in total. The Morgan fingerprint density at radius 1 is 1.10 bits per heavy atom. The van der Waals surface area contributed by atoms with Gasteiger partial charge >= 0.3 is 6.09 Å².